The van der Waals surface area contributed by atoms with Gasteiger partial charge in [0.05, 0.1) is 0 Å². The van der Waals surface area contributed by atoms with Gasteiger partial charge in [0, 0.05) is 0 Å². The fourth-order valence-electron chi connectivity index (χ4n) is 7.42. The third-order valence-corrected chi connectivity index (χ3v) is 18.0. The van der Waals surface area contributed by atoms with Crippen LogP contribution in [0.25, 0.3) is 11.1 Å². The molecule has 2 aliphatic carbocycles. The third-order valence-electron chi connectivity index (χ3n) is 10.1. The summed E-state index contributed by atoms with van der Waals surface area (Å²) in [5.41, 5.74) is 13.6. The van der Waals surface area contributed by atoms with Gasteiger partial charge < -0.3 is 24.8 Å². The van der Waals surface area contributed by atoms with Gasteiger partial charge in [-0.3, -0.25) is 0 Å². The van der Waals surface area contributed by atoms with Crippen LogP contribution >= 0.6 is 0 Å². The first kappa shape index (κ1) is 38.5. The molecule has 0 bridgehead atoms. The van der Waals surface area contributed by atoms with E-state index in [1.54, 1.807) is 20.9 Å². The molecule has 0 aliphatic heterocycles. The molecule has 0 aromatic heterocycles. The second-order valence-corrected chi connectivity index (χ2v) is 22.3. The molecule has 2 aliphatic rings. The second-order valence-electron chi connectivity index (χ2n) is 16.5. The van der Waals surface area contributed by atoms with E-state index in [4.69, 9.17) is 0 Å². The second kappa shape index (κ2) is 14.5. The normalized spacial score (nSPS) is 15.2. The molecule has 4 aromatic rings. The molecule has 0 fully saturated rings. The maximum Gasteiger partial charge on any atom is -1.00 e. The molecular weight excluding hydrogens is 703 g/mol. The Morgan fingerprint density at radius 3 is 1.73 bits per heavy atom. The zero-order chi connectivity index (χ0) is 33.0. The molecule has 0 saturated heterocycles. The third kappa shape index (κ3) is 7.41. The van der Waals surface area contributed by atoms with Crippen molar-refractivity contribution in [2.24, 2.45) is 11.3 Å². The summed E-state index contributed by atoms with van der Waals surface area (Å²) in [5.74, 6) is 0.478. The van der Waals surface area contributed by atoms with Gasteiger partial charge in [0.15, 0.2) is 0 Å². The first-order valence-corrected chi connectivity index (χ1v) is 21.0. The number of hydrogen-bond donors (Lipinski definition) is 0. The minimum atomic E-state index is -2.93. The fraction of sp³-hybridized carbons (Fsp3) is 0.356. The van der Waals surface area contributed by atoms with E-state index in [1.165, 1.54) is 39.0 Å². The minimum absolute atomic E-state index is 0. The van der Waals surface area contributed by atoms with Gasteiger partial charge >= 0.3 is 288 Å². The zero-order valence-corrected chi connectivity index (χ0v) is 34.5. The summed E-state index contributed by atoms with van der Waals surface area (Å²) in [7, 11) is 0. The summed E-state index contributed by atoms with van der Waals surface area (Å²) in [6, 6.07) is 35.1. The Morgan fingerprint density at radius 2 is 1.23 bits per heavy atom. The monoisotopic (exact) mass is 752 g/mol. The van der Waals surface area contributed by atoms with E-state index in [1.807, 2.05) is 0 Å². The molecule has 48 heavy (non-hydrogen) atoms. The predicted molar refractivity (Wildman–Crippen MR) is 197 cm³/mol. The fourth-order valence-corrected chi connectivity index (χ4v) is 17.1. The van der Waals surface area contributed by atoms with Crippen molar-refractivity contribution >= 4 is 6.48 Å². The predicted octanol–water partition coefficient (Wildman–Crippen LogP) is 5.27. The van der Waals surface area contributed by atoms with Crippen LogP contribution in [-0.2, 0) is 38.5 Å². The van der Waals surface area contributed by atoms with Gasteiger partial charge in [0.1, 0.15) is 0 Å². The topological polar surface area (TPSA) is 0 Å². The molecule has 1 unspecified atom stereocenters. The molecule has 0 amide bonds. The Labute approximate surface area is 311 Å². The maximum absolute atomic E-state index is 2.93. The van der Waals surface area contributed by atoms with Crippen LogP contribution in [0.2, 0.25) is 0 Å². The maximum atomic E-state index is 2.68. The molecule has 0 radical (unpaired) electrons. The summed E-state index contributed by atoms with van der Waals surface area (Å²) in [6.45, 7) is 23.9. The molecule has 0 saturated carbocycles. The molecule has 0 N–H and O–H groups in total. The van der Waals surface area contributed by atoms with E-state index in [0.29, 0.717) is 5.92 Å². The van der Waals surface area contributed by atoms with E-state index in [9.17, 15) is 0 Å². The van der Waals surface area contributed by atoms with E-state index in [2.05, 4.69) is 172 Å². The van der Waals surface area contributed by atoms with Crippen LogP contribution < -0.4 is 28.1 Å². The van der Waals surface area contributed by atoms with Gasteiger partial charge in [0.2, 0.25) is 0 Å². The van der Waals surface area contributed by atoms with Gasteiger partial charge in [-0.1, -0.05) is 0 Å². The van der Waals surface area contributed by atoms with E-state index in [-0.39, 0.29) is 41.1 Å². The van der Waals surface area contributed by atoms with Gasteiger partial charge in [-0.05, 0) is 0 Å². The molecule has 250 valence electrons. The molecule has 6 rings (SSSR count). The van der Waals surface area contributed by atoms with Crippen molar-refractivity contribution in [1.29, 1.82) is 0 Å². The number of rotatable bonds is 5. The average molecular weight is 755 g/mol. The zero-order valence-electron chi connectivity index (χ0n) is 30.6. The molecule has 4 aromatic carbocycles. The van der Waals surface area contributed by atoms with E-state index < -0.39 is 21.3 Å². The van der Waals surface area contributed by atoms with Crippen molar-refractivity contribution < 1.29 is 46.1 Å². The molecule has 3 heteroatoms. The number of hydrogen-bond acceptors (Lipinski definition) is 0. The van der Waals surface area contributed by atoms with Crippen LogP contribution in [-0.4, -0.2) is 3.21 Å². The summed E-state index contributed by atoms with van der Waals surface area (Å²) in [5, 5.41) is 0. The Kier molecular flexibility index (Phi) is 11.6. The van der Waals surface area contributed by atoms with Crippen molar-refractivity contribution in [2.75, 3.05) is 0 Å². The number of allylic oxidation sites excluding steroid dienone is 4. The van der Waals surface area contributed by atoms with Crippen LogP contribution in [0.5, 0.6) is 0 Å². The SMILES string of the molecule is CCC1C=C(C(C)(C)C)C=[C]1[Zr+2](=[C](c1ccccc1)c1ccccc1)[c]1c(C(C)(C)C)ccc2c1Cc1cc(C(C)(C)C)ccc1-2.[Cl-].[Cl-]. The molecule has 0 spiro atoms. The standard InChI is InChI=1S/C21H25.C13H10.C11H17.2ClH.Zr/c1-20(2,3)16-7-9-18-14(12-16)11-15-13-17(21(4,5)6)8-10-19(15)18;1-3-7-12(8-4-1)11-13-9-5-2-6-10-13;1-5-9-6-7-10(8-9)11(2,3)4;;;/h7-10,12H,11H2,1-6H3;1-10H;7-9H,5H2,1-4H3;2*1H;/q;;;;;+2/p-2. The van der Waals surface area contributed by atoms with Gasteiger partial charge in [0.25, 0.3) is 0 Å². The van der Waals surface area contributed by atoms with E-state index in [0.717, 1.165) is 12.8 Å². The van der Waals surface area contributed by atoms with Crippen molar-refractivity contribution in [3.05, 3.63) is 145 Å². The van der Waals surface area contributed by atoms with Crippen LogP contribution in [0.15, 0.2) is 112 Å². The van der Waals surface area contributed by atoms with E-state index >= 15 is 0 Å². The summed E-state index contributed by atoms with van der Waals surface area (Å²) < 4.78 is 5.07. The van der Waals surface area contributed by atoms with Crippen LogP contribution in [0.4, 0.5) is 0 Å². The smallest absolute Gasteiger partial charge is 1.00 e. The summed E-state index contributed by atoms with van der Waals surface area (Å²) in [4.78, 5) is 0. The minimum Gasteiger partial charge on any atom is -1.00 e. The van der Waals surface area contributed by atoms with Crippen molar-refractivity contribution in [3.8, 4) is 11.1 Å². The average Bonchev–Trinajstić information content (AvgIpc) is 3.61. The Morgan fingerprint density at radius 1 is 0.667 bits per heavy atom. The van der Waals surface area contributed by atoms with Gasteiger partial charge in [-0.2, -0.15) is 0 Å². The first-order chi connectivity index (χ1) is 21.7. The van der Waals surface area contributed by atoms with Crippen molar-refractivity contribution in [2.45, 2.75) is 92.9 Å². The number of benzene rings is 4. The summed E-state index contributed by atoms with van der Waals surface area (Å²) >= 11 is -2.93. The largest absolute Gasteiger partial charge is 1.00 e. The quantitative estimate of drug-likeness (QED) is 0.230. The van der Waals surface area contributed by atoms with Crippen LogP contribution in [0.3, 0.4) is 0 Å². The molecular formula is C45H52Cl2Zr. The summed E-state index contributed by atoms with van der Waals surface area (Å²) in [6.07, 6.45) is 7.48. The van der Waals surface area contributed by atoms with Gasteiger partial charge in [-0.25, -0.2) is 0 Å². The van der Waals surface area contributed by atoms with Gasteiger partial charge in [-0.15, -0.1) is 0 Å². The van der Waals surface area contributed by atoms with Crippen molar-refractivity contribution in [3.63, 3.8) is 0 Å². The number of halogens is 2. The first-order valence-electron chi connectivity index (χ1n) is 17.3. The van der Waals surface area contributed by atoms with Crippen molar-refractivity contribution in [1.82, 2.24) is 0 Å². The number of fused-ring (bicyclic) bond motifs is 3. The molecule has 1 atom stereocenters. The Balaban J connectivity index is 0.00000260. The Hall–Kier alpha value is -2.31. The van der Waals surface area contributed by atoms with Crippen LogP contribution in [0.1, 0.15) is 109 Å². The van der Waals surface area contributed by atoms with Crippen LogP contribution in [0, 0.1) is 11.3 Å². The molecule has 0 nitrogen and oxygen atoms in total. The Bertz CT molecular complexity index is 1830. The molecule has 0 heterocycles.